The maximum absolute atomic E-state index is 11.8. The van der Waals surface area contributed by atoms with Crippen LogP contribution in [0.5, 0.6) is 0 Å². The number of carbonyl (C=O) groups excluding carboxylic acids is 3. The lowest BCUT2D eigenvalue weighted by Crippen LogP contribution is -2.43. The van der Waals surface area contributed by atoms with Gasteiger partial charge in [-0.2, -0.15) is 4.98 Å². The lowest BCUT2D eigenvalue weighted by Gasteiger charge is -2.24. The quantitative estimate of drug-likeness (QED) is 0.460. The largest absolute Gasteiger partial charge is 0.463 e. The Morgan fingerprint density at radius 2 is 1.73 bits per heavy atom. The average Bonchev–Trinajstić information content (AvgIpc) is 3.01. The molecule has 1 saturated heterocycles. The molecule has 178 valence electrons. The lowest BCUT2D eigenvalue weighted by atomic mass is 10.1. The Bertz CT molecular complexity index is 1060. The number of rotatable bonds is 7. The predicted octanol–water partition coefficient (Wildman–Crippen LogP) is 1.91. The molecule has 1 aromatic heterocycles. The molecule has 0 amide bonds. The average molecular weight is 481 g/mol. The predicted molar refractivity (Wildman–Crippen MR) is 119 cm³/mol. The summed E-state index contributed by atoms with van der Waals surface area (Å²) in [6.45, 7) is 3.48. The molecule has 3 rings (SSSR count). The standard InChI is InChI=1S/C21H25ClN4O7/c1-10(27)30-9-16-17(31-11(2)28)18(32-12(3)29)20(33-16)25-21-23-15-7-6-13(22)8-14(15)19(24-21)26(4)5/h6-8,16-18,20H,9H2,1-5H3,(H,23,24,25)/t16-,17-,18-,20-/m1/s1. The number of esters is 3. The van der Waals surface area contributed by atoms with Crippen molar-refractivity contribution in [1.82, 2.24) is 9.97 Å². The Morgan fingerprint density at radius 1 is 1.06 bits per heavy atom. The highest BCUT2D eigenvalue weighted by molar-refractivity contribution is 6.31. The van der Waals surface area contributed by atoms with E-state index in [0.29, 0.717) is 16.4 Å². The van der Waals surface area contributed by atoms with Crippen molar-refractivity contribution >= 4 is 52.2 Å². The van der Waals surface area contributed by atoms with Crippen LogP contribution in [0.4, 0.5) is 11.8 Å². The Morgan fingerprint density at radius 3 is 2.33 bits per heavy atom. The van der Waals surface area contributed by atoms with Crippen LogP contribution in [0.15, 0.2) is 18.2 Å². The summed E-state index contributed by atoms with van der Waals surface area (Å²) >= 11 is 6.13. The minimum absolute atomic E-state index is 0.186. The topological polar surface area (TPSA) is 129 Å². The van der Waals surface area contributed by atoms with Gasteiger partial charge in [0.2, 0.25) is 5.95 Å². The summed E-state index contributed by atoms with van der Waals surface area (Å²) < 4.78 is 21.7. The maximum atomic E-state index is 11.8. The summed E-state index contributed by atoms with van der Waals surface area (Å²) in [6, 6.07) is 5.22. The molecule has 2 heterocycles. The zero-order chi connectivity index (χ0) is 24.3. The Labute approximate surface area is 195 Å². The first-order valence-electron chi connectivity index (χ1n) is 10.1. The summed E-state index contributed by atoms with van der Waals surface area (Å²) in [7, 11) is 3.65. The zero-order valence-electron chi connectivity index (χ0n) is 18.8. The van der Waals surface area contributed by atoms with E-state index in [9.17, 15) is 14.4 Å². The third-order valence-electron chi connectivity index (χ3n) is 4.70. The summed E-state index contributed by atoms with van der Waals surface area (Å²) in [6.07, 6.45) is -3.93. The van der Waals surface area contributed by atoms with Crippen molar-refractivity contribution in [1.29, 1.82) is 0 Å². The van der Waals surface area contributed by atoms with E-state index in [-0.39, 0.29) is 12.6 Å². The minimum Gasteiger partial charge on any atom is -0.463 e. The highest BCUT2D eigenvalue weighted by Gasteiger charge is 2.50. The number of nitrogens with one attached hydrogen (secondary N) is 1. The molecule has 12 heteroatoms. The molecular weight excluding hydrogens is 456 g/mol. The molecule has 0 spiro atoms. The van der Waals surface area contributed by atoms with Gasteiger partial charge in [0.25, 0.3) is 0 Å². The number of halogens is 1. The number of aromatic nitrogens is 2. The van der Waals surface area contributed by atoms with Crippen LogP contribution in [-0.2, 0) is 33.3 Å². The number of anilines is 2. The van der Waals surface area contributed by atoms with Crippen molar-refractivity contribution in [2.75, 3.05) is 30.9 Å². The molecule has 2 aromatic rings. The molecule has 1 N–H and O–H groups in total. The van der Waals surface area contributed by atoms with Crippen LogP contribution in [0.3, 0.4) is 0 Å². The number of benzene rings is 1. The highest BCUT2D eigenvalue weighted by atomic mass is 35.5. The number of hydrogen-bond donors (Lipinski definition) is 1. The second-order valence-corrected chi connectivity index (χ2v) is 8.05. The molecule has 33 heavy (non-hydrogen) atoms. The van der Waals surface area contributed by atoms with E-state index in [4.69, 9.17) is 30.5 Å². The van der Waals surface area contributed by atoms with Gasteiger partial charge in [0.1, 0.15) is 18.5 Å². The summed E-state index contributed by atoms with van der Waals surface area (Å²) in [4.78, 5) is 45.6. The Hall–Kier alpha value is -3.18. The molecule has 0 aliphatic carbocycles. The molecule has 0 bridgehead atoms. The first-order valence-corrected chi connectivity index (χ1v) is 10.5. The van der Waals surface area contributed by atoms with Gasteiger partial charge in [0.15, 0.2) is 18.4 Å². The van der Waals surface area contributed by atoms with Crippen LogP contribution in [-0.4, -0.2) is 73.1 Å². The van der Waals surface area contributed by atoms with E-state index in [0.717, 1.165) is 5.39 Å². The second kappa shape index (κ2) is 10.2. The van der Waals surface area contributed by atoms with Crippen LogP contribution in [0.2, 0.25) is 5.02 Å². The number of nitrogens with zero attached hydrogens (tertiary/aromatic N) is 3. The molecule has 0 saturated carbocycles. The van der Waals surface area contributed by atoms with Gasteiger partial charge in [-0.25, -0.2) is 4.98 Å². The van der Waals surface area contributed by atoms with Gasteiger partial charge in [-0.15, -0.1) is 0 Å². The fraction of sp³-hybridized carbons (Fsp3) is 0.476. The third kappa shape index (κ3) is 5.99. The van der Waals surface area contributed by atoms with Crippen molar-refractivity contribution in [2.45, 2.75) is 45.3 Å². The molecule has 0 radical (unpaired) electrons. The van der Waals surface area contributed by atoms with E-state index in [2.05, 4.69) is 15.3 Å². The first kappa shape index (κ1) is 24.5. The minimum atomic E-state index is -1.04. The van der Waals surface area contributed by atoms with Crippen LogP contribution in [0.1, 0.15) is 20.8 Å². The molecule has 1 fully saturated rings. The van der Waals surface area contributed by atoms with Crippen molar-refractivity contribution < 1.29 is 33.3 Å². The van der Waals surface area contributed by atoms with Gasteiger partial charge in [0, 0.05) is 45.3 Å². The smallest absolute Gasteiger partial charge is 0.303 e. The summed E-state index contributed by atoms with van der Waals surface area (Å²) in [5.74, 6) is -0.968. The molecular formula is C21H25ClN4O7. The SMILES string of the molecule is CC(=O)OC[C@H]1O[C@@H](Nc2nc(N(C)C)c3cc(Cl)ccc3n2)[C@H](OC(C)=O)[C@@H]1OC(C)=O. The fourth-order valence-electron chi connectivity index (χ4n) is 3.45. The van der Waals surface area contributed by atoms with Crippen LogP contribution < -0.4 is 10.2 Å². The first-order chi connectivity index (χ1) is 15.5. The van der Waals surface area contributed by atoms with Crippen LogP contribution in [0.25, 0.3) is 10.9 Å². The van der Waals surface area contributed by atoms with E-state index < -0.39 is 42.4 Å². The van der Waals surface area contributed by atoms with Gasteiger partial charge in [-0.3, -0.25) is 14.4 Å². The van der Waals surface area contributed by atoms with E-state index in [1.165, 1.54) is 20.8 Å². The summed E-state index contributed by atoms with van der Waals surface area (Å²) in [5.41, 5.74) is 0.621. The Kier molecular flexibility index (Phi) is 7.54. The van der Waals surface area contributed by atoms with Crippen molar-refractivity contribution in [3.05, 3.63) is 23.2 Å². The van der Waals surface area contributed by atoms with E-state index >= 15 is 0 Å². The third-order valence-corrected chi connectivity index (χ3v) is 4.93. The monoisotopic (exact) mass is 480 g/mol. The highest BCUT2D eigenvalue weighted by Crippen LogP contribution is 2.31. The molecule has 0 unspecified atom stereocenters. The van der Waals surface area contributed by atoms with E-state index in [1.54, 1.807) is 23.1 Å². The van der Waals surface area contributed by atoms with Gasteiger partial charge in [-0.1, -0.05) is 11.6 Å². The molecule has 4 atom stereocenters. The second-order valence-electron chi connectivity index (χ2n) is 7.62. The Balaban J connectivity index is 1.96. The van der Waals surface area contributed by atoms with Gasteiger partial charge in [-0.05, 0) is 18.2 Å². The number of hydrogen-bond acceptors (Lipinski definition) is 11. The number of carbonyl (C=O) groups is 3. The number of fused-ring (bicyclic) bond motifs is 1. The molecule has 1 aromatic carbocycles. The van der Waals surface area contributed by atoms with Gasteiger partial charge < -0.3 is 29.2 Å². The maximum Gasteiger partial charge on any atom is 0.303 e. The fourth-order valence-corrected chi connectivity index (χ4v) is 3.62. The van der Waals surface area contributed by atoms with Crippen molar-refractivity contribution in [3.63, 3.8) is 0 Å². The number of ether oxygens (including phenoxy) is 4. The molecule has 1 aliphatic heterocycles. The van der Waals surface area contributed by atoms with E-state index in [1.807, 2.05) is 14.1 Å². The van der Waals surface area contributed by atoms with Crippen molar-refractivity contribution in [2.24, 2.45) is 0 Å². The van der Waals surface area contributed by atoms with Gasteiger partial charge in [0.05, 0.1) is 5.52 Å². The summed E-state index contributed by atoms with van der Waals surface area (Å²) in [5, 5.41) is 4.29. The zero-order valence-corrected chi connectivity index (χ0v) is 19.6. The lowest BCUT2D eigenvalue weighted by molar-refractivity contribution is -0.165. The van der Waals surface area contributed by atoms with Crippen LogP contribution >= 0.6 is 11.6 Å². The van der Waals surface area contributed by atoms with Gasteiger partial charge >= 0.3 is 17.9 Å². The molecule has 11 nitrogen and oxygen atoms in total. The normalized spacial score (nSPS) is 22.0. The van der Waals surface area contributed by atoms with Crippen LogP contribution in [0, 0.1) is 0 Å². The molecule has 1 aliphatic rings. The van der Waals surface area contributed by atoms with Crippen molar-refractivity contribution in [3.8, 4) is 0 Å².